The van der Waals surface area contributed by atoms with Gasteiger partial charge in [0.1, 0.15) is 0 Å². The van der Waals surface area contributed by atoms with Crippen LogP contribution in [-0.2, 0) is 0 Å². The zero-order valence-electron chi connectivity index (χ0n) is 17.0. The predicted molar refractivity (Wildman–Crippen MR) is 121 cm³/mol. The smallest absolute Gasteiger partial charge is 0.194 e. The number of aryl methyl sites for hydroxylation is 1. The number of ketones is 3. The molecule has 0 aliphatic rings. The molecule has 0 spiro atoms. The summed E-state index contributed by atoms with van der Waals surface area (Å²) >= 11 is 0. The van der Waals surface area contributed by atoms with Crippen molar-refractivity contribution in [3.63, 3.8) is 0 Å². The molecule has 0 radical (unpaired) electrons. The van der Waals surface area contributed by atoms with E-state index in [0.29, 0.717) is 16.7 Å². The molecule has 0 unspecified atom stereocenters. The highest BCUT2D eigenvalue weighted by atomic mass is 16.1. The summed E-state index contributed by atoms with van der Waals surface area (Å²) in [6, 6.07) is 29.7. The first kappa shape index (κ1) is 20.2. The van der Waals surface area contributed by atoms with Gasteiger partial charge in [-0.1, -0.05) is 91.0 Å². The van der Waals surface area contributed by atoms with Crippen molar-refractivity contribution in [3.05, 3.63) is 142 Å². The molecule has 0 saturated carbocycles. The first-order valence-electron chi connectivity index (χ1n) is 10.00. The van der Waals surface area contributed by atoms with E-state index in [9.17, 15) is 14.4 Å². The van der Waals surface area contributed by atoms with Crippen molar-refractivity contribution < 1.29 is 14.4 Å². The Balaban J connectivity index is 1.96. The van der Waals surface area contributed by atoms with E-state index >= 15 is 0 Å². The molecule has 0 amide bonds. The average molecular weight is 404 g/mol. The maximum Gasteiger partial charge on any atom is 0.194 e. The molecule has 0 saturated heterocycles. The molecular formula is C28H20O3. The highest BCUT2D eigenvalue weighted by Crippen LogP contribution is 2.26. The highest BCUT2D eigenvalue weighted by molar-refractivity contribution is 6.25. The van der Waals surface area contributed by atoms with Gasteiger partial charge in [0.25, 0.3) is 0 Å². The van der Waals surface area contributed by atoms with Gasteiger partial charge in [0, 0.05) is 33.4 Å². The van der Waals surface area contributed by atoms with Crippen molar-refractivity contribution in [2.75, 3.05) is 0 Å². The van der Waals surface area contributed by atoms with Crippen LogP contribution < -0.4 is 0 Å². The number of benzene rings is 4. The minimum atomic E-state index is -0.348. The van der Waals surface area contributed by atoms with Gasteiger partial charge in [0.2, 0.25) is 0 Å². The molecule has 4 aromatic rings. The van der Waals surface area contributed by atoms with Crippen molar-refractivity contribution in [3.8, 4) is 0 Å². The molecular weight excluding hydrogens is 384 g/mol. The summed E-state index contributed by atoms with van der Waals surface area (Å²) in [5.41, 5.74) is 2.71. The van der Waals surface area contributed by atoms with Gasteiger partial charge in [-0.2, -0.15) is 0 Å². The lowest BCUT2D eigenvalue weighted by Crippen LogP contribution is -2.18. The zero-order chi connectivity index (χ0) is 21.8. The van der Waals surface area contributed by atoms with Crippen LogP contribution in [0.4, 0.5) is 0 Å². The Morgan fingerprint density at radius 1 is 0.484 bits per heavy atom. The predicted octanol–water partition coefficient (Wildman–Crippen LogP) is 5.69. The molecule has 0 heterocycles. The van der Waals surface area contributed by atoms with Gasteiger partial charge < -0.3 is 0 Å². The molecule has 0 aliphatic heterocycles. The molecule has 0 N–H and O–H groups in total. The largest absolute Gasteiger partial charge is 0.289 e. The molecule has 150 valence electrons. The molecule has 0 bridgehead atoms. The fourth-order valence-electron chi connectivity index (χ4n) is 3.61. The highest BCUT2D eigenvalue weighted by Gasteiger charge is 2.27. The van der Waals surface area contributed by atoms with Crippen molar-refractivity contribution >= 4 is 17.3 Å². The van der Waals surface area contributed by atoms with Gasteiger partial charge in [-0.3, -0.25) is 14.4 Å². The number of hydrogen-bond donors (Lipinski definition) is 0. The van der Waals surface area contributed by atoms with Crippen LogP contribution in [0.2, 0.25) is 0 Å². The summed E-state index contributed by atoms with van der Waals surface area (Å²) in [4.78, 5) is 40.4. The Kier molecular flexibility index (Phi) is 5.67. The molecule has 4 rings (SSSR count). The minimum Gasteiger partial charge on any atom is -0.289 e. The Hall–Kier alpha value is -4.11. The molecule has 31 heavy (non-hydrogen) atoms. The number of carbonyl (C=O) groups excluding carboxylic acids is 3. The van der Waals surface area contributed by atoms with Crippen LogP contribution in [0.15, 0.2) is 103 Å². The lowest BCUT2D eigenvalue weighted by atomic mass is 9.85. The SMILES string of the molecule is Cc1cc(C(=O)c2ccccc2)c(C(=O)c2ccccc2)c(C(=O)c2ccccc2)c1. The first-order valence-corrected chi connectivity index (χ1v) is 10.00. The van der Waals surface area contributed by atoms with Crippen molar-refractivity contribution in [2.24, 2.45) is 0 Å². The summed E-state index contributed by atoms with van der Waals surface area (Å²) in [5, 5.41) is 0. The van der Waals surface area contributed by atoms with E-state index in [0.717, 1.165) is 5.56 Å². The van der Waals surface area contributed by atoms with E-state index in [1.807, 2.05) is 25.1 Å². The second-order valence-electron chi connectivity index (χ2n) is 7.32. The lowest BCUT2D eigenvalue weighted by molar-refractivity contribution is 0.0990. The fourth-order valence-corrected chi connectivity index (χ4v) is 3.61. The standard InChI is InChI=1S/C28H20O3/c1-19-17-23(26(29)20-11-5-2-6-12-20)25(28(31)22-15-9-4-10-16-22)24(18-19)27(30)21-13-7-3-8-14-21/h2-18H,1H3. The van der Waals surface area contributed by atoms with E-state index in [4.69, 9.17) is 0 Å². The van der Waals surface area contributed by atoms with Gasteiger partial charge in [-0.05, 0) is 24.6 Å². The summed E-state index contributed by atoms with van der Waals surface area (Å²) in [6.07, 6.45) is 0. The van der Waals surface area contributed by atoms with Crippen LogP contribution in [0, 0.1) is 6.92 Å². The summed E-state index contributed by atoms with van der Waals surface area (Å²) in [7, 11) is 0. The van der Waals surface area contributed by atoms with Gasteiger partial charge >= 0.3 is 0 Å². The molecule has 0 fully saturated rings. The quantitative estimate of drug-likeness (QED) is 0.388. The first-order chi connectivity index (χ1) is 15.1. The number of carbonyl (C=O) groups is 3. The van der Waals surface area contributed by atoms with E-state index in [1.54, 1.807) is 84.9 Å². The Morgan fingerprint density at radius 3 is 1.16 bits per heavy atom. The maximum absolute atomic E-state index is 13.6. The third kappa shape index (κ3) is 4.12. The van der Waals surface area contributed by atoms with E-state index in [2.05, 4.69) is 0 Å². The van der Waals surface area contributed by atoms with Crippen LogP contribution in [0.1, 0.15) is 53.3 Å². The molecule has 3 nitrogen and oxygen atoms in total. The van der Waals surface area contributed by atoms with Crippen LogP contribution in [0.25, 0.3) is 0 Å². The van der Waals surface area contributed by atoms with Crippen LogP contribution in [0.3, 0.4) is 0 Å². The molecule has 3 heteroatoms. The molecule has 4 aromatic carbocycles. The molecule has 0 atom stereocenters. The number of rotatable bonds is 6. The van der Waals surface area contributed by atoms with E-state index in [-0.39, 0.29) is 34.0 Å². The van der Waals surface area contributed by atoms with Crippen molar-refractivity contribution in [2.45, 2.75) is 6.92 Å². The minimum absolute atomic E-state index is 0.138. The third-order valence-corrected chi connectivity index (χ3v) is 5.11. The normalized spacial score (nSPS) is 10.5. The van der Waals surface area contributed by atoms with Gasteiger partial charge in [-0.25, -0.2) is 0 Å². The second kappa shape index (κ2) is 8.72. The van der Waals surface area contributed by atoms with Crippen molar-refractivity contribution in [1.29, 1.82) is 0 Å². The number of hydrogen-bond acceptors (Lipinski definition) is 3. The Bertz CT molecular complexity index is 1190. The average Bonchev–Trinajstić information content (AvgIpc) is 2.83. The lowest BCUT2D eigenvalue weighted by Gasteiger charge is -2.15. The molecule has 0 aromatic heterocycles. The fraction of sp³-hybridized carbons (Fsp3) is 0.0357. The Morgan fingerprint density at radius 2 is 0.806 bits per heavy atom. The van der Waals surface area contributed by atoms with Gasteiger partial charge in [-0.15, -0.1) is 0 Å². The third-order valence-electron chi connectivity index (χ3n) is 5.11. The molecule has 0 aliphatic carbocycles. The summed E-state index contributed by atoms with van der Waals surface area (Å²) in [5.74, 6) is -0.921. The van der Waals surface area contributed by atoms with Crippen LogP contribution in [0.5, 0.6) is 0 Å². The Labute approximate surface area is 181 Å². The summed E-state index contributed by atoms with van der Waals surface area (Å²) < 4.78 is 0. The van der Waals surface area contributed by atoms with Crippen LogP contribution in [-0.4, -0.2) is 17.3 Å². The van der Waals surface area contributed by atoms with Gasteiger partial charge in [0.05, 0.1) is 0 Å². The monoisotopic (exact) mass is 404 g/mol. The van der Waals surface area contributed by atoms with Crippen LogP contribution >= 0.6 is 0 Å². The zero-order valence-corrected chi connectivity index (χ0v) is 17.0. The maximum atomic E-state index is 13.6. The summed E-state index contributed by atoms with van der Waals surface area (Å²) in [6.45, 7) is 1.82. The van der Waals surface area contributed by atoms with E-state index in [1.165, 1.54) is 0 Å². The topological polar surface area (TPSA) is 51.2 Å². The van der Waals surface area contributed by atoms with Crippen molar-refractivity contribution in [1.82, 2.24) is 0 Å². The van der Waals surface area contributed by atoms with E-state index < -0.39 is 0 Å². The van der Waals surface area contributed by atoms with Gasteiger partial charge in [0.15, 0.2) is 17.3 Å². The second-order valence-corrected chi connectivity index (χ2v) is 7.32.